The highest BCUT2D eigenvalue weighted by molar-refractivity contribution is 6.11. The Labute approximate surface area is 261 Å². The number of nitrogens with one attached hydrogen (secondary N) is 3. The molecule has 0 saturated heterocycles. The zero-order chi connectivity index (χ0) is 32.1. The van der Waals surface area contributed by atoms with Crippen molar-refractivity contribution in [3.05, 3.63) is 101 Å². The quantitative estimate of drug-likeness (QED) is 0.0835. The van der Waals surface area contributed by atoms with Crippen LogP contribution in [0.25, 0.3) is 0 Å². The Balaban J connectivity index is 1.54. The van der Waals surface area contributed by atoms with Crippen LogP contribution in [0.2, 0.25) is 0 Å². The van der Waals surface area contributed by atoms with Crippen LogP contribution in [-0.2, 0) is 21.4 Å². The van der Waals surface area contributed by atoms with Gasteiger partial charge in [0.25, 0.3) is 11.8 Å². The Hall–Kier alpha value is -4.46. The molecule has 0 aliphatic carbocycles. The molecule has 0 unspecified atom stereocenters. The second-order valence-electron chi connectivity index (χ2n) is 11.9. The molecule has 0 bridgehead atoms. The van der Waals surface area contributed by atoms with E-state index >= 15 is 0 Å². The smallest absolute Gasteiger partial charge is 0.328 e. The van der Waals surface area contributed by atoms with E-state index in [0.717, 1.165) is 29.7 Å². The molecule has 0 saturated carbocycles. The lowest BCUT2D eigenvalue weighted by Crippen LogP contribution is -2.43. The number of ether oxygens (including phenoxy) is 2. The van der Waals surface area contributed by atoms with Gasteiger partial charge in [0.2, 0.25) is 0 Å². The maximum atomic E-state index is 12.9. The third-order valence-corrected chi connectivity index (χ3v) is 7.36. The van der Waals surface area contributed by atoms with Crippen molar-refractivity contribution in [3.63, 3.8) is 0 Å². The lowest BCUT2D eigenvalue weighted by atomic mass is 9.86. The average molecular weight is 600 g/mol. The predicted octanol–water partition coefficient (Wildman–Crippen LogP) is 6.60. The highest BCUT2D eigenvalue weighted by atomic mass is 16.5. The zero-order valence-electron chi connectivity index (χ0n) is 26.5. The maximum absolute atomic E-state index is 12.9. The number of rotatable bonds is 14. The van der Waals surface area contributed by atoms with E-state index in [1.807, 2.05) is 12.1 Å². The molecule has 0 heterocycles. The van der Waals surface area contributed by atoms with E-state index in [9.17, 15) is 14.4 Å². The van der Waals surface area contributed by atoms with E-state index < -0.39 is 17.9 Å². The molecule has 0 fully saturated rings. The van der Waals surface area contributed by atoms with Gasteiger partial charge in [0.05, 0.1) is 13.7 Å². The summed E-state index contributed by atoms with van der Waals surface area (Å²) in [6.07, 6.45) is 6.02. The molecule has 234 valence electrons. The van der Waals surface area contributed by atoms with Gasteiger partial charge in [-0.15, -0.1) is 0 Å². The first-order valence-corrected chi connectivity index (χ1v) is 15.2. The summed E-state index contributed by atoms with van der Waals surface area (Å²) >= 11 is 0. The molecule has 8 nitrogen and oxygen atoms in total. The fourth-order valence-electron chi connectivity index (χ4n) is 4.60. The molecule has 44 heavy (non-hydrogen) atoms. The summed E-state index contributed by atoms with van der Waals surface area (Å²) in [6.45, 7) is 9.14. The molecule has 3 rings (SSSR count). The van der Waals surface area contributed by atoms with Crippen LogP contribution in [0.5, 0.6) is 5.75 Å². The lowest BCUT2D eigenvalue weighted by Gasteiger charge is -2.20. The zero-order valence-corrected chi connectivity index (χ0v) is 26.5. The van der Waals surface area contributed by atoms with Gasteiger partial charge in [0, 0.05) is 23.1 Å². The standard InChI is InChI=1S/C36H45N3O5/c1-6-7-8-9-10-23-44-30-21-17-26(18-22-30)32(37)39-34(41)27-13-11-25(12-14-27)24-31(35(42)43-5)38-33(40)28-15-19-29(20-16-28)36(2,3)4/h11-22,31H,6-10,23-24H2,1-5H3,(H,38,40)(H2,37,39,41)/t31-/m0/s1. The molecule has 8 heteroatoms. The minimum absolute atomic E-state index is 0.0193. The first-order valence-electron chi connectivity index (χ1n) is 15.2. The fourth-order valence-corrected chi connectivity index (χ4v) is 4.60. The molecular weight excluding hydrogens is 554 g/mol. The Kier molecular flexibility index (Phi) is 12.7. The average Bonchev–Trinajstić information content (AvgIpc) is 3.02. The molecule has 0 aromatic heterocycles. The van der Waals surface area contributed by atoms with E-state index in [0.29, 0.717) is 23.3 Å². The number of carbonyl (C=O) groups is 3. The number of hydrogen-bond acceptors (Lipinski definition) is 6. The maximum Gasteiger partial charge on any atom is 0.328 e. The fraction of sp³-hybridized carbons (Fsp3) is 0.389. The highest BCUT2D eigenvalue weighted by Crippen LogP contribution is 2.22. The molecule has 3 N–H and O–H groups in total. The number of amidine groups is 1. The molecule has 3 aromatic carbocycles. The van der Waals surface area contributed by atoms with Crippen LogP contribution < -0.4 is 15.4 Å². The van der Waals surface area contributed by atoms with E-state index in [2.05, 4.69) is 38.3 Å². The summed E-state index contributed by atoms with van der Waals surface area (Å²) in [7, 11) is 1.28. The summed E-state index contributed by atoms with van der Waals surface area (Å²) in [4.78, 5) is 38.2. The largest absolute Gasteiger partial charge is 0.494 e. The van der Waals surface area contributed by atoms with Crippen molar-refractivity contribution in [2.45, 2.75) is 77.7 Å². The SMILES string of the molecule is CCCCCCCOc1ccc(C(=N)NC(=O)c2ccc(C[C@H](NC(=O)c3ccc(C(C)(C)C)cc3)C(=O)OC)cc2)cc1. The molecule has 0 aliphatic heterocycles. The summed E-state index contributed by atoms with van der Waals surface area (Å²) in [5.74, 6) is -0.654. The van der Waals surface area contributed by atoms with Gasteiger partial charge in [-0.2, -0.15) is 0 Å². The van der Waals surface area contributed by atoms with Crippen LogP contribution in [-0.4, -0.2) is 43.4 Å². The summed E-state index contributed by atoms with van der Waals surface area (Å²) in [5, 5.41) is 13.7. The molecule has 3 aromatic rings. The Morgan fingerprint density at radius 3 is 1.93 bits per heavy atom. The topological polar surface area (TPSA) is 118 Å². The number of hydrogen-bond donors (Lipinski definition) is 3. The van der Waals surface area contributed by atoms with Gasteiger partial charge in [-0.05, 0) is 71.5 Å². The molecule has 1 atom stereocenters. The van der Waals surface area contributed by atoms with Crippen molar-refractivity contribution in [1.29, 1.82) is 5.41 Å². The van der Waals surface area contributed by atoms with Crippen molar-refractivity contribution in [2.75, 3.05) is 13.7 Å². The van der Waals surface area contributed by atoms with Crippen molar-refractivity contribution in [1.82, 2.24) is 10.6 Å². The first kappa shape index (κ1) is 34.0. The van der Waals surface area contributed by atoms with E-state index in [4.69, 9.17) is 14.9 Å². The Morgan fingerprint density at radius 1 is 0.773 bits per heavy atom. The summed E-state index contributed by atoms with van der Waals surface area (Å²) in [5.41, 5.74) is 3.16. The van der Waals surface area contributed by atoms with Gasteiger partial charge in [-0.3, -0.25) is 15.0 Å². The van der Waals surface area contributed by atoms with Crippen LogP contribution >= 0.6 is 0 Å². The van der Waals surface area contributed by atoms with Gasteiger partial charge in [0.1, 0.15) is 17.6 Å². The van der Waals surface area contributed by atoms with E-state index in [1.54, 1.807) is 60.7 Å². The van der Waals surface area contributed by atoms with Crippen LogP contribution in [0.15, 0.2) is 72.8 Å². The second-order valence-corrected chi connectivity index (χ2v) is 11.9. The number of benzene rings is 3. The minimum Gasteiger partial charge on any atom is -0.494 e. The number of esters is 1. The monoisotopic (exact) mass is 599 g/mol. The molecular formula is C36H45N3O5. The predicted molar refractivity (Wildman–Crippen MR) is 174 cm³/mol. The highest BCUT2D eigenvalue weighted by Gasteiger charge is 2.23. The molecule has 0 aliphatic rings. The van der Waals surface area contributed by atoms with Crippen molar-refractivity contribution < 1.29 is 23.9 Å². The van der Waals surface area contributed by atoms with Gasteiger partial charge in [-0.25, -0.2) is 4.79 Å². The van der Waals surface area contributed by atoms with Crippen molar-refractivity contribution in [3.8, 4) is 5.75 Å². The Morgan fingerprint density at radius 2 is 1.34 bits per heavy atom. The molecule has 0 spiro atoms. The van der Waals surface area contributed by atoms with Crippen molar-refractivity contribution >= 4 is 23.6 Å². The number of amides is 2. The molecule has 0 radical (unpaired) electrons. The molecule has 2 amide bonds. The van der Waals surface area contributed by atoms with Crippen LogP contribution in [0.3, 0.4) is 0 Å². The third kappa shape index (κ3) is 10.4. The van der Waals surface area contributed by atoms with Gasteiger partial charge in [-0.1, -0.05) is 77.6 Å². The number of carbonyl (C=O) groups excluding carboxylic acids is 3. The number of unbranched alkanes of at least 4 members (excludes halogenated alkanes) is 4. The van der Waals surface area contributed by atoms with Gasteiger partial charge in [0.15, 0.2) is 0 Å². The second kappa shape index (κ2) is 16.4. The summed E-state index contributed by atoms with van der Waals surface area (Å²) in [6, 6.07) is 20.2. The van der Waals surface area contributed by atoms with E-state index in [-0.39, 0.29) is 23.6 Å². The van der Waals surface area contributed by atoms with Crippen molar-refractivity contribution in [2.24, 2.45) is 0 Å². The van der Waals surface area contributed by atoms with Crippen LogP contribution in [0, 0.1) is 5.41 Å². The van der Waals surface area contributed by atoms with E-state index in [1.165, 1.54) is 26.4 Å². The van der Waals surface area contributed by atoms with Crippen LogP contribution in [0.1, 0.15) is 97.2 Å². The first-order chi connectivity index (χ1) is 21.0. The third-order valence-electron chi connectivity index (χ3n) is 7.36. The minimum atomic E-state index is -0.907. The number of methoxy groups -OCH3 is 1. The Bertz CT molecular complexity index is 1390. The van der Waals surface area contributed by atoms with Gasteiger partial charge < -0.3 is 20.1 Å². The lowest BCUT2D eigenvalue weighted by molar-refractivity contribution is -0.142. The normalized spacial score (nSPS) is 11.8. The summed E-state index contributed by atoms with van der Waals surface area (Å²) < 4.78 is 10.7. The van der Waals surface area contributed by atoms with Crippen LogP contribution in [0.4, 0.5) is 0 Å². The van der Waals surface area contributed by atoms with Gasteiger partial charge >= 0.3 is 5.97 Å².